The van der Waals surface area contributed by atoms with Crippen LogP contribution in [0.5, 0.6) is 0 Å². The lowest BCUT2D eigenvalue weighted by Gasteiger charge is -2.19. The van der Waals surface area contributed by atoms with Crippen LogP contribution in [-0.4, -0.2) is 41.1 Å². The number of ether oxygens (including phenoxy) is 1. The zero-order valence-electron chi connectivity index (χ0n) is 16.2. The Bertz CT molecular complexity index is 994. The van der Waals surface area contributed by atoms with Crippen molar-refractivity contribution in [2.24, 2.45) is 5.92 Å². The van der Waals surface area contributed by atoms with E-state index >= 15 is 0 Å². The summed E-state index contributed by atoms with van der Waals surface area (Å²) in [7, 11) is 0. The lowest BCUT2D eigenvalue weighted by Crippen LogP contribution is -2.32. The molecule has 0 saturated carbocycles. The number of carbonyl (C=O) groups is 3. The molecule has 0 aromatic heterocycles. The molecular weight excluding hydrogens is 447 g/mol. The zero-order valence-corrected chi connectivity index (χ0v) is 17.7. The van der Waals surface area contributed by atoms with Gasteiger partial charge in [-0.25, -0.2) is 0 Å². The number of hydrogen-bond donors (Lipinski definition) is 0. The van der Waals surface area contributed by atoms with E-state index in [1.807, 2.05) is 0 Å². The molecule has 1 saturated heterocycles. The van der Waals surface area contributed by atoms with Crippen LogP contribution in [0, 0.1) is 16.0 Å². The summed E-state index contributed by atoms with van der Waals surface area (Å²) in [5, 5.41) is 11.3. The predicted molar refractivity (Wildman–Crippen MR) is 115 cm³/mol. The Balaban J connectivity index is 1.68. The van der Waals surface area contributed by atoms with E-state index in [-0.39, 0.29) is 36.9 Å². The number of hydrogen-bond acceptors (Lipinski definition) is 6. The zero-order chi connectivity index (χ0) is 22.5. The third kappa shape index (κ3) is 5.39. The molecule has 0 aliphatic carbocycles. The first-order chi connectivity index (χ1) is 14.8. The molecule has 162 valence electrons. The predicted octanol–water partition coefficient (Wildman–Crippen LogP) is 4.02. The SMILES string of the molecule is O=C(O[C@@H](CCCl)C(=O)c1ccc(Cl)cc1)[C@@H]1CC(=O)N(c2ccc([N+](=O)[O-])cc2)C1. The molecule has 31 heavy (non-hydrogen) atoms. The van der Waals surface area contributed by atoms with E-state index in [0.717, 1.165) is 0 Å². The number of Topliss-reactive ketones (excluding diaryl/α,β-unsaturated/α-hetero) is 1. The van der Waals surface area contributed by atoms with Crippen molar-refractivity contribution in [3.63, 3.8) is 0 Å². The number of rotatable bonds is 8. The molecule has 0 unspecified atom stereocenters. The van der Waals surface area contributed by atoms with Gasteiger partial charge >= 0.3 is 5.97 Å². The summed E-state index contributed by atoms with van der Waals surface area (Å²) < 4.78 is 5.43. The van der Waals surface area contributed by atoms with Crippen LogP contribution >= 0.6 is 23.2 Å². The van der Waals surface area contributed by atoms with E-state index in [4.69, 9.17) is 27.9 Å². The average molecular weight is 465 g/mol. The monoisotopic (exact) mass is 464 g/mol. The molecule has 1 fully saturated rings. The highest BCUT2D eigenvalue weighted by Crippen LogP contribution is 2.28. The second-order valence-corrected chi connectivity index (χ2v) is 7.77. The Morgan fingerprint density at radius 2 is 1.81 bits per heavy atom. The summed E-state index contributed by atoms with van der Waals surface area (Å²) >= 11 is 11.6. The Kier molecular flexibility index (Phi) is 7.25. The van der Waals surface area contributed by atoms with E-state index in [0.29, 0.717) is 16.3 Å². The lowest BCUT2D eigenvalue weighted by atomic mass is 10.0. The van der Waals surface area contributed by atoms with Crippen molar-refractivity contribution >= 4 is 52.2 Å². The maximum atomic E-state index is 12.7. The average Bonchev–Trinajstić information content (AvgIpc) is 3.15. The molecule has 2 aromatic rings. The molecule has 2 atom stereocenters. The molecule has 1 aliphatic rings. The Labute approximate surface area is 187 Å². The summed E-state index contributed by atoms with van der Waals surface area (Å²) in [4.78, 5) is 49.4. The first-order valence-electron chi connectivity index (χ1n) is 9.41. The van der Waals surface area contributed by atoms with Gasteiger partial charge in [0.1, 0.15) is 0 Å². The number of non-ortho nitro benzene ring substituents is 1. The van der Waals surface area contributed by atoms with Gasteiger partial charge in [0.05, 0.1) is 10.8 Å². The number of esters is 1. The summed E-state index contributed by atoms with van der Waals surface area (Å²) in [6, 6.07) is 11.7. The molecular formula is C21H18Cl2N2O6. The number of amides is 1. The molecule has 1 aliphatic heterocycles. The first-order valence-corrected chi connectivity index (χ1v) is 10.3. The molecule has 1 heterocycles. The van der Waals surface area contributed by atoms with Gasteiger partial charge in [0.25, 0.3) is 5.69 Å². The minimum Gasteiger partial charge on any atom is -0.454 e. The number of ketones is 1. The van der Waals surface area contributed by atoms with Gasteiger partial charge in [0.15, 0.2) is 6.10 Å². The van der Waals surface area contributed by atoms with Crippen molar-refractivity contribution in [1.29, 1.82) is 0 Å². The topological polar surface area (TPSA) is 107 Å². The van der Waals surface area contributed by atoms with Crippen LogP contribution in [0.3, 0.4) is 0 Å². The standard InChI is InChI=1S/C21H18Cl2N2O6/c22-10-9-18(20(27)13-1-3-15(23)4-2-13)31-21(28)14-11-19(26)24(12-14)16-5-7-17(8-6-16)25(29)30/h1-8,14,18H,9-12H2/t14-,18+/m1/s1. The van der Waals surface area contributed by atoms with Crippen LogP contribution in [0.1, 0.15) is 23.2 Å². The molecule has 0 bridgehead atoms. The molecule has 0 N–H and O–H groups in total. The lowest BCUT2D eigenvalue weighted by molar-refractivity contribution is -0.384. The fraction of sp³-hybridized carbons (Fsp3) is 0.286. The van der Waals surface area contributed by atoms with Gasteiger partial charge in [-0.2, -0.15) is 0 Å². The van der Waals surface area contributed by atoms with E-state index < -0.39 is 28.7 Å². The number of nitrogens with zero attached hydrogens (tertiary/aromatic N) is 2. The second-order valence-electron chi connectivity index (χ2n) is 6.95. The molecule has 2 aromatic carbocycles. The van der Waals surface area contributed by atoms with Crippen molar-refractivity contribution < 1.29 is 24.0 Å². The molecule has 8 nitrogen and oxygen atoms in total. The van der Waals surface area contributed by atoms with Crippen molar-refractivity contribution in [1.82, 2.24) is 0 Å². The summed E-state index contributed by atoms with van der Waals surface area (Å²) in [5.74, 6) is -2.04. The maximum absolute atomic E-state index is 12.7. The number of halogens is 2. The number of nitro groups is 1. The third-order valence-corrected chi connectivity index (χ3v) is 5.35. The largest absolute Gasteiger partial charge is 0.454 e. The number of anilines is 1. The fourth-order valence-corrected chi connectivity index (χ4v) is 3.57. The van der Waals surface area contributed by atoms with Crippen LogP contribution in [0.25, 0.3) is 0 Å². The van der Waals surface area contributed by atoms with E-state index in [1.165, 1.54) is 41.3 Å². The highest BCUT2D eigenvalue weighted by atomic mass is 35.5. The summed E-state index contributed by atoms with van der Waals surface area (Å²) in [6.45, 7) is 0.0538. The van der Waals surface area contributed by atoms with Crippen LogP contribution in [-0.2, 0) is 14.3 Å². The van der Waals surface area contributed by atoms with Crippen molar-refractivity contribution in [3.05, 3.63) is 69.2 Å². The van der Waals surface area contributed by atoms with Crippen LogP contribution in [0.15, 0.2) is 48.5 Å². The van der Waals surface area contributed by atoms with Crippen LogP contribution in [0.2, 0.25) is 5.02 Å². The second kappa shape index (κ2) is 9.89. The summed E-state index contributed by atoms with van der Waals surface area (Å²) in [5.41, 5.74) is 0.679. The normalized spacial score (nSPS) is 16.8. The Morgan fingerprint density at radius 1 is 1.16 bits per heavy atom. The highest BCUT2D eigenvalue weighted by Gasteiger charge is 2.38. The summed E-state index contributed by atoms with van der Waals surface area (Å²) in [6.07, 6.45) is -1.03. The Morgan fingerprint density at radius 3 is 2.39 bits per heavy atom. The van der Waals surface area contributed by atoms with E-state index in [2.05, 4.69) is 0 Å². The molecule has 3 rings (SSSR count). The van der Waals surface area contributed by atoms with Crippen LogP contribution < -0.4 is 4.90 Å². The van der Waals surface area contributed by atoms with Gasteiger partial charge < -0.3 is 9.64 Å². The van der Waals surface area contributed by atoms with E-state index in [1.54, 1.807) is 12.1 Å². The van der Waals surface area contributed by atoms with Gasteiger partial charge in [-0.15, -0.1) is 11.6 Å². The molecule has 0 radical (unpaired) electrons. The number of carbonyl (C=O) groups excluding carboxylic acids is 3. The van der Waals surface area contributed by atoms with Gasteiger partial charge in [0.2, 0.25) is 11.7 Å². The maximum Gasteiger partial charge on any atom is 0.312 e. The first kappa shape index (κ1) is 22.7. The van der Waals surface area contributed by atoms with Crippen LogP contribution in [0.4, 0.5) is 11.4 Å². The Hall–Kier alpha value is -2.97. The minimum absolute atomic E-state index is 0.0538. The molecule has 0 spiro atoms. The molecule has 1 amide bonds. The van der Waals surface area contributed by atoms with Gasteiger partial charge in [-0.1, -0.05) is 11.6 Å². The van der Waals surface area contributed by atoms with Gasteiger partial charge in [-0.3, -0.25) is 24.5 Å². The third-order valence-electron chi connectivity index (χ3n) is 4.88. The number of nitro benzene ring substituents is 1. The smallest absolute Gasteiger partial charge is 0.312 e. The van der Waals surface area contributed by atoms with Crippen molar-refractivity contribution in [2.75, 3.05) is 17.3 Å². The highest BCUT2D eigenvalue weighted by molar-refractivity contribution is 6.30. The van der Waals surface area contributed by atoms with Gasteiger partial charge in [-0.05, 0) is 36.4 Å². The fourth-order valence-electron chi connectivity index (χ4n) is 3.25. The number of benzene rings is 2. The number of alkyl halides is 1. The van der Waals surface area contributed by atoms with Crippen molar-refractivity contribution in [2.45, 2.75) is 18.9 Å². The van der Waals surface area contributed by atoms with Crippen molar-refractivity contribution in [3.8, 4) is 0 Å². The van der Waals surface area contributed by atoms with E-state index in [9.17, 15) is 24.5 Å². The van der Waals surface area contributed by atoms with Gasteiger partial charge in [0, 0.05) is 53.7 Å². The molecule has 10 heteroatoms. The quantitative estimate of drug-likeness (QED) is 0.192. The minimum atomic E-state index is -1.07.